The SMILES string of the molecule is CCC(C)C(=O)NC(CCC(=O)O)Cc1ccccc1. The number of rotatable bonds is 8. The van der Waals surface area contributed by atoms with Crippen LogP contribution in [0.5, 0.6) is 0 Å². The maximum atomic E-state index is 12.0. The van der Waals surface area contributed by atoms with Gasteiger partial charge in [-0.2, -0.15) is 0 Å². The molecule has 0 aliphatic carbocycles. The lowest BCUT2D eigenvalue weighted by Crippen LogP contribution is -2.39. The van der Waals surface area contributed by atoms with E-state index < -0.39 is 5.97 Å². The first-order valence-corrected chi connectivity index (χ1v) is 7.09. The number of carboxylic acid groups (broad SMARTS) is 1. The molecule has 0 aliphatic heterocycles. The van der Waals surface area contributed by atoms with E-state index in [1.54, 1.807) is 0 Å². The summed E-state index contributed by atoms with van der Waals surface area (Å²) in [5.41, 5.74) is 1.10. The molecule has 2 N–H and O–H groups in total. The molecule has 2 unspecified atom stereocenters. The van der Waals surface area contributed by atoms with Gasteiger partial charge < -0.3 is 10.4 Å². The highest BCUT2D eigenvalue weighted by atomic mass is 16.4. The molecule has 0 spiro atoms. The molecule has 20 heavy (non-hydrogen) atoms. The third-order valence-corrected chi connectivity index (χ3v) is 3.44. The van der Waals surface area contributed by atoms with Gasteiger partial charge in [0, 0.05) is 18.4 Å². The van der Waals surface area contributed by atoms with Crippen LogP contribution in [0.1, 0.15) is 38.7 Å². The minimum atomic E-state index is -0.833. The van der Waals surface area contributed by atoms with Gasteiger partial charge in [0.1, 0.15) is 0 Å². The maximum Gasteiger partial charge on any atom is 0.303 e. The molecule has 1 amide bonds. The van der Waals surface area contributed by atoms with Gasteiger partial charge in [-0.1, -0.05) is 44.2 Å². The molecular weight excluding hydrogens is 254 g/mol. The minimum Gasteiger partial charge on any atom is -0.481 e. The third-order valence-electron chi connectivity index (χ3n) is 3.44. The van der Waals surface area contributed by atoms with Crippen LogP contribution in [0.3, 0.4) is 0 Å². The van der Waals surface area contributed by atoms with Crippen LogP contribution >= 0.6 is 0 Å². The second-order valence-corrected chi connectivity index (χ2v) is 5.14. The largest absolute Gasteiger partial charge is 0.481 e. The van der Waals surface area contributed by atoms with E-state index in [2.05, 4.69) is 5.32 Å². The van der Waals surface area contributed by atoms with Gasteiger partial charge >= 0.3 is 5.97 Å². The van der Waals surface area contributed by atoms with E-state index in [1.165, 1.54) is 0 Å². The van der Waals surface area contributed by atoms with E-state index in [4.69, 9.17) is 5.11 Å². The van der Waals surface area contributed by atoms with Gasteiger partial charge in [0.15, 0.2) is 0 Å². The van der Waals surface area contributed by atoms with Gasteiger partial charge in [-0.3, -0.25) is 9.59 Å². The molecule has 0 fully saturated rings. The molecular formula is C16H23NO3. The average molecular weight is 277 g/mol. The Bertz CT molecular complexity index is 431. The first kappa shape index (κ1) is 16.2. The van der Waals surface area contributed by atoms with Gasteiger partial charge in [0.05, 0.1) is 0 Å². The monoisotopic (exact) mass is 277 g/mol. The first-order valence-electron chi connectivity index (χ1n) is 7.09. The summed E-state index contributed by atoms with van der Waals surface area (Å²) in [6.45, 7) is 3.85. The summed E-state index contributed by atoms with van der Waals surface area (Å²) in [6, 6.07) is 9.68. The molecule has 1 aromatic carbocycles. The Labute approximate surface area is 120 Å². The van der Waals surface area contributed by atoms with E-state index in [-0.39, 0.29) is 24.3 Å². The number of benzene rings is 1. The zero-order chi connectivity index (χ0) is 15.0. The average Bonchev–Trinajstić information content (AvgIpc) is 2.44. The van der Waals surface area contributed by atoms with Gasteiger partial charge in [-0.15, -0.1) is 0 Å². The molecule has 2 atom stereocenters. The van der Waals surface area contributed by atoms with Gasteiger partial charge in [0.2, 0.25) is 5.91 Å². The smallest absolute Gasteiger partial charge is 0.303 e. The fourth-order valence-electron chi connectivity index (χ4n) is 1.95. The third kappa shape index (κ3) is 5.87. The minimum absolute atomic E-state index is 0.00109. The topological polar surface area (TPSA) is 66.4 Å². The summed E-state index contributed by atoms with van der Waals surface area (Å²) in [5.74, 6) is -0.877. The molecule has 0 aromatic heterocycles. The van der Waals surface area contributed by atoms with Crippen LogP contribution in [0.2, 0.25) is 0 Å². The van der Waals surface area contributed by atoms with Crippen LogP contribution in [0, 0.1) is 5.92 Å². The summed E-state index contributed by atoms with van der Waals surface area (Å²) in [6.07, 6.45) is 1.96. The van der Waals surface area contributed by atoms with Gasteiger partial charge in [-0.05, 0) is 24.8 Å². The fraction of sp³-hybridized carbons (Fsp3) is 0.500. The highest BCUT2D eigenvalue weighted by molar-refractivity contribution is 5.78. The normalized spacial score (nSPS) is 13.5. The van der Waals surface area contributed by atoms with Gasteiger partial charge in [0.25, 0.3) is 0 Å². The molecule has 1 rings (SSSR count). The van der Waals surface area contributed by atoms with Crippen LogP contribution in [0.25, 0.3) is 0 Å². The Morgan fingerprint density at radius 1 is 1.25 bits per heavy atom. The summed E-state index contributed by atoms with van der Waals surface area (Å²) >= 11 is 0. The van der Waals surface area contributed by atoms with E-state index in [0.29, 0.717) is 12.8 Å². The van der Waals surface area contributed by atoms with Crippen LogP contribution in [0.4, 0.5) is 0 Å². The second kappa shape index (κ2) is 8.35. The number of amides is 1. The Morgan fingerprint density at radius 3 is 2.45 bits per heavy atom. The molecule has 0 bridgehead atoms. The molecule has 0 saturated carbocycles. The Morgan fingerprint density at radius 2 is 1.90 bits per heavy atom. The Balaban J connectivity index is 2.64. The predicted molar refractivity (Wildman–Crippen MR) is 78.4 cm³/mol. The number of carbonyl (C=O) groups excluding carboxylic acids is 1. The van der Waals surface area contributed by atoms with Crippen molar-refractivity contribution in [3.63, 3.8) is 0 Å². The first-order chi connectivity index (χ1) is 9.52. The van der Waals surface area contributed by atoms with Crippen molar-refractivity contribution >= 4 is 11.9 Å². The number of aliphatic carboxylic acids is 1. The summed E-state index contributed by atoms with van der Waals surface area (Å²) in [4.78, 5) is 22.7. The summed E-state index contributed by atoms with van der Waals surface area (Å²) in [5, 5.41) is 11.8. The quantitative estimate of drug-likeness (QED) is 0.767. The van der Waals surface area contributed by atoms with E-state index in [9.17, 15) is 9.59 Å². The lowest BCUT2D eigenvalue weighted by molar-refractivity contribution is -0.137. The van der Waals surface area contributed by atoms with Gasteiger partial charge in [-0.25, -0.2) is 0 Å². The number of hydrogen-bond acceptors (Lipinski definition) is 2. The highest BCUT2D eigenvalue weighted by Gasteiger charge is 2.17. The van der Waals surface area contributed by atoms with Crippen LogP contribution in [-0.2, 0) is 16.0 Å². The standard InChI is InChI=1S/C16H23NO3/c1-3-12(2)16(20)17-14(9-10-15(18)19)11-13-7-5-4-6-8-13/h4-8,12,14H,3,9-11H2,1-2H3,(H,17,20)(H,18,19). The Kier molecular flexibility index (Phi) is 6.77. The number of carboxylic acids is 1. The molecule has 0 radical (unpaired) electrons. The van der Waals surface area contributed by atoms with Crippen LogP contribution in [-0.4, -0.2) is 23.0 Å². The number of carbonyl (C=O) groups is 2. The predicted octanol–water partition coefficient (Wildman–Crippen LogP) is 2.62. The fourth-order valence-corrected chi connectivity index (χ4v) is 1.95. The van der Waals surface area contributed by atoms with Crippen LogP contribution < -0.4 is 5.32 Å². The van der Waals surface area contributed by atoms with Crippen LogP contribution in [0.15, 0.2) is 30.3 Å². The van der Waals surface area contributed by atoms with Crippen molar-refractivity contribution in [1.82, 2.24) is 5.32 Å². The van der Waals surface area contributed by atoms with Crippen molar-refractivity contribution < 1.29 is 14.7 Å². The Hall–Kier alpha value is -1.84. The van der Waals surface area contributed by atoms with E-state index in [1.807, 2.05) is 44.2 Å². The van der Waals surface area contributed by atoms with Crippen molar-refractivity contribution in [2.45, 2.75) is 45.6 Å². The molecule has 4 nitrogen and oxygen atoms in total. The van der Waals surface area contributed by atoms with E-state index >= 15 is 0 Å². The summed E-state index contributed by atoms with van der Waals surface area (Å²) < 4.78 is 0. The molecule has 4 heteroatoms. The zero-order valence-corrected chi connectivity index (χ0v) is 12.1. The van der Waals surface area contributed by atoms with Crippen molar-refractivity contribution in [3.05, 3.63) is 35.9 Å². The van der Waals surface area contributed by atoms with Crippen molar-refractivity contribution in [1.29, 1.82) is 0 Å². The lowest BCUT2D eigenvalue weighted by atomic mass is 10.00. The molecule has 110 valence electrons. The van der Waals surface area contributed by atoms with Crippen molar-refractivity contribution in [3.8, 4) is 0 Å². The highest BCUT2D eigenvalue weighted by Crippen LogP contribution is 2.10. The number of nitrogens with one attached hydrogen (secondary N) is 1. The zero-order valence-electron chi connectivity index (χ0n) is 12.1. The molecule has 0 heterocycles. The number of hydrogen-bond donors (Lipinski definition) is 2. The van der Waals surface area contributed by atoms with Crippen molar-refractivity contribution in [2.75, 3.05) is 0 Å². The lowest BCUT2D eigenvalue weighted by Gasteiger charge is -2.20. The molecule has 0 saturated heterocycles. The summed E-state index contributed by atoms with van der Waals surface area (Å²) in [7, 11) is 0. The molecule has 1 aromatic rings. The van der Waals surface area contributed by atoms with Crippen molar-refractivity contribution in [2.24, 2.45) is 5.92 Å². The molecule has 0 aliphatic rings. The second-order valence-electron chi connectivity index (χ2n) is 5.14. The van der Waals surface area contributed by atoms with E-state index in [0.717, 1.165) is 12.0 Å². The maximum absolute atomic E-state index is 12.0.